The Morgan fingerprint density at radius 2 is 2.33 bits per heavy atom. The number of aromatic nitrogens is 1. The van der Waals surface area contributed by atoms with Crippen LogP contribution in [0.2, 0.25) is 0 Å². The molecule has 0 spiro atoms. The normalized spacial score (nSPS) is 11.9. The zero-order valence-electron chi connectivity index (χ0n) is 5.59. The van der Waals surface area contributed by atoms with Crippen LogP contribution in [0.1, 0.15) is 18.7 Å². The fourth-order valence-electron chi connectivity index (χ4n) is 0.548. The maximum Gasteiger partial charge on any atom is 0.0462 e. The molecule has 0 fully saturated rings. The van der Waals surface area contributed by atoms with Crippen LogP contribution in [0.25, 0.3) is 0 Å². The third-order valence-corrected chi connectivity index (χ3v) is 2.16. The average Bonchev–Trinajstić information content (AvgIpc) is 2.08. The predicted octanol–water partition coefficient (Wildman–Crippen LogP) is 1.34. The van der Waals surface area contributed by atoms with Crippen molar-refractivity contribution in [1.82, 2.24) is 4.37 Å². The summed E-state index contributed by atoms with van der Waals surface area (Å²) in [4.78, 5) is 1.13. The molecule has 0 amide bonds. The summed E-state index contributed by atoms with van der Waals surface area (Å²) in [6.45, 7) is 3.95. The van der Waals surface area contributed by atoms with E-state index in [1.165, 1.54) is 11.5 Å². The Kier molecular flexibility index (Phi) is 1.55. The van der Waals surface area contributed by atoms with Gasteiger partial charge in [0.25, 0.3) is 0 Å². The fraction of sp³-hybridized carbons (Fsp3) is 0.500. The van der Waals surface area contributed by atoms with Crippen LogP contribution in [0.15, 0.2) is 12.3 Å². The van der Waals surface area contributed by atoms with Gasteiger partial charge in [0.05, 0.1) is 0 Å². The van der Waals surface area contributed by atoms with E-state index in [0.717, 1.165) is 4.88 Å². The zero-order valence-corrected chi connectivity index (χ0v) is 6.40. The molecule has 1 aromatic heterocycles. The Bertz CT molecular complexity index is 173. The molecule has 1 rings (SSSR count). The summed E-state index contributed by atoms with van der Waals surface area (Å²) < 4.78 is 3.95. The van der Waals surface area contributed by atoms with Gasteiger partial charge in [-0.1, -0.05) is 0 Å². The van der Waals surface area contributed by atoms with Crippen molar-refractivity contribution in [2.75, 3.05) is 0 Å². The van der Waals surface area contributed by atoms with Crippen molar-refractivity contribution >= 4 is 11.5 Å². The summed E-state index contributed by atoms with van der Waals surface area (Å²) in [6.07, 6.45) is 1.77. The zero-order chi connectivity index (χ0) is 6.91. The van der Waals surface area contributed by atoms with Gasteiger partial charge in [0.1, 0.15) is 0 Å². The number of hydrogen-bond acceptors (Lipinski definition) is 3. The average molecular weight is 142 g/mol. The second-order valence-corrected chi connectivity index (χ2v) is 3.43. The number of rotatable bonds is 1. The van der Waals surface area contributed by atoms with E-state index in [9.17, 15) is 0 Å². The van der Waals surface area contributed by atoms with Gasteiger partial charge in [-0.05, 0) is 31.4 Å². The first kappa shape index (κ1) is 6.71. The predicted molar refractivity (Wildman–Crippen MR) is 39.3 cm³/mol. The molecule has 3 heteroatoms. The van der Waals surface area contributed by atoms with Crippen LogP contribution >= 0.6 is 11.5 Å². The molecule has 0 saturated carbocycles. The van der Waals surface area contributed by atoms with Crippen LogP contribution in [0.5, 0.6) is 0 Å². The van der Waals surface area contributed by atoms with Gasteiger partial charge >= 0.3 is 0 Å². The third-order valence-electron chi connectivity index (χ3n) is 1.07. The molecule has 0 radical (unpaired) electrons. The summed E-state index contributed by atoms with van der Waals surface area (Å²) >= 11 is 1.45. The molecule has 0 aliphatic heterocycles. The van der Waals surface area contributed by atoms with Gasteiger partial charge in [-0.15, -0.1) is 0 Å². The topological polar surface area (TPSA) is 38.9 Å². The number of hydrogen-bond donors (Lipinski definition) is 1. The number of nitrogens with zero attached hydrogens (tertiary/aromatic N) is 1. The van der Waals surface area contributed by atoms with Crippen molar-refractivity contribution in [1.29, 1.82) is 0 Å². The highest BCUT2D eigenvalue weighted by Crippen LogP contribution is 2.18. The Labute approximate surface area is 58.9 Å². The van der Waals surface area contributed by atoms with Gasteiger partial charge < -0.3 is 5.73 Å². The van der Waals surface area contributed by atoms with Crippen LogP contribution in [0.3, 0.4) is 0 Å². The molecule has 0 unspecified atom stereocenters. The Balaban J connectivity index is 2.90. The van der Waals surface area contributed by atoms with Gasteiger partial charge in [0, 0.05) is 16.6 Å². The van der Waals surface area contributed by atoms with Gasteiger partial charge in [-0.2, -0.15) is 0 Å². The number of nitrogens with two attached hydrogens (primary N) is 1. The summed E-state index contributed by atoms with van der Waals surface area (Å²) in [5.41, 5.74) is 5.55. The van der Waals surface area contributed by atoms with Gasteiger partial charge in [-0.25, -0.2) is 4.37 Å². The first-order valence-electron chi connectivity index (χ1n) is 2.81. The highest BCUT2D eigenvalue weighted by molar-refractivity contribution is 7.05. The van der Waals surface area contributed by atoms with E-state index in [1.54, 1.807) is 6.20 Å². The molecule has 0 bridgehead atoms. The molecule has 1 heterocycles. The van der Waals surface area contributed by atoms with Crippen molar-refractivity contribution in [2.45, 2.75) is 19.4 Å². The molecular weight excluding hydrogens is 132 g/mol. The lowest BCUT2D eigenvalue weighted by Crippen LogP contribution is -2.27. The molecule has 9 heavy (non-hydrogen) atoms. The molecule has 2 nitrogen and oxygen atoms in total. The van der Waals surface area contributed by atoms with Crippen molar-refractivity contribution in [3.63, 3.8) is 0 Å². The van der Waals surface area contributed by atoms with E-state index in [2.05, 4.69) is 4.37 Å². The van der Waals surface area contributed by atoms with Crippen LogP contribution in [-0.4, -0.2) is 4.37 Å². The lowest BCUT2D eigenvalue weighted by molar-refractivity contribution is 0.567. The summed E-state index contributed by atoms with van der Waals surface area (Å²) in [6, 6.07) is 1.95. The minimum absolute atomic E-state index is 0.221. The summed E-state index contributed by atoms with van der Waals surface area (Å²) in [5, 5.41) is 0. The second-order valence-electron chi connectivity index (χ2n) is 2.60. The summed E-state index contributed by atoms with van der Waals surface area (Å²) in [5.74, 6) is 0. The largest absolute Gasteiger partial charge is 0.321 e. The van der Waals surface area contributed by atoms with Gasteiger partial charge in [0.2, 0.25) is 0 Å². The molecule has 2 N–H and O–H groups in total. The quantitative estimate of drug-likeness (QED) is 0.642. The monoisotopic (exact) mass is 142 g/mol. The van der Waals surface area contributed by atoms with Crippen molar-refractivity contribution < 1.29 is 0 Å². The molecule has 0 aliphatic carbocycles. The Hall–Kier alpha value is -0.410. The van der Waals surface area contributed by atoms with E-state index < -0.39 is 0 Å². The second kappa shape index (κ2) is 2.08. The standard InChI is InChI=1S/C6H10N2S/c1-6(2,7)5-3-4-8-9-5/h3-4H,7H2,1-2H3. The van der Waals surface area contributed by atoms with E-state index in [4.69, 9.17) is 5.73 Å². The SMILES string of the molecule is CC(C)(N)c1ccns1. The Morgan fingerprint density at radius 1 is 1.67 bits per heavy atom. The minimum atomic E-state index is -0.221. The van der Waals surface area contributed by atoms with E-state index in [-0.39, 0.29) is 5.54 Å². The maximum absolute atomic E-state index is 5.77. The maximum atomic E-state index is 5.77. The first-order chi connectivity index (χ1) is 4.11. The van der Waals surface area contributed by atoms with Crippen molar-refractivity contribution in [3.05, 3.63) is 17.1 Å². The molecular formula is C6H10N2S. The van der Waals surface area contributed by atoms with Crippen LogP contribution in [0, 0.1) is 0 Å². The van der Waals surface area contributed by atoms with Gasteiger partial charge in [-0.3, -0.25) is 0 Å². The van der Waals surface area contributed by atoms with Crippen molar-refractivity contribution in [2.24, 2.45) is 5.73 Å². The van der Waals surface area contributed by atoms with E-state index >= 15 is 0 Å². The lowest BCUT2D eigenvalue weighted by Gasteiger charge is -2.14. The Morgan fingerprint density at radius 3 is 2.56 bits per heavy atom. The molecule has 0 aliphatic rings. The van der Waals surface area contributed by atoms with Gasteiger partial charge in [0.15, 0.2) is 0 Å². The highest BCUT2D eigenvalue weighted by Gasteiger charge is 2.14. The summed E-state index contributed by atoms with van der Waals surface area (Å²) in [7, 11) is 0. The molecule has 0 atom stereocenters. The lowest BCUT2D eigenvalue weighted by atomic mass is 10.1. The van der Waals surface area contributed by atoms with Crippen LogP contribution in [-0.2, 0) is 5.54 Å². The molecule has 50 valence electrons. The highest BCUT2D eigenvalue weighted by atomic mass is 32.1. The van der Waals surface area contributed by atoms with Crippen LogP contribution < -0.4 is 5.73 Å². The third kappa shape index (κ3) is 1.50. The minimum Gasteiger partial charge on any atom is -0.321 e. The first-order valence-corrected chi connectivity index (χ1v) is 3.58. The van der Waals surface area contributed by atoms with E-state index in [0.29, 0.717) is 0 Å². The fourth-order valence-corrected chi connectivity index (χ4v) is 1.14. The van der Waals surface area contributed by atoms with Crippen LogP contribution in [0.4, 0.5) is 0 Å². The molecule has 1 aromatic rings. The molecule has 0 saturated heterocycles. The van der Waals surface area contributed by atoms with E-state index in [1.807, 2.05) is 19.9 Å². The molecule has 0 aromatic carbocycles. The smallest absolute Gasteiger partial charge is 0.0462 e. The van der Waals surface area contributed by atoms with Crippen molar-refractivity contribution in [3.8, 4) is 0 Å².